The van der Waals surface area contributed by atoms with Gasteiger partial charge < -0.3 is 9.29 Å². The van der Waals surface area contributed by atoms with Gasteiger partial charge in [-0.15, -0.1) is 0 Å². The second kappa shape index (κ2) is 7.84. The molecular formula is C12H10ClO3S-. The zero-order valence-corrected chi connectivity index (χ0v) is 10.4. The average Bonchev–Trinajstić information content (AvgIpc) is 2.31. The van der Waals surface area contributed by atoms with Crippen LogP contribution in [0.2, 0.25) is 0 Å². The molecule has 0 N–H and O–H groups in total. The molecule has 0 saturated carbocycles. The maximum Gasteiger partial charge on any atom is 0.127 e. The Morgan fingerprint density at radius 1 is 0.882 bits per heavy atom. The van der Waals surface area contributed by atoms with E-state index in [0.717, 1.165) is 11.5 Å². The van der Waals surface area contributed by atoms with E-state index in [4.69, 9.17) is 13.5 Å². The molecule has 0 aromatic heterocycles. The van der Waals surface area contributed by atoms with E-state index in [9.17, 15) is 0 Å². The monoisotopic (exact) mass is 269 g/mol. The van der Waals surface area contributed by atoms with Gasteiger partial charge in [-0.3, -0.25) is 4.21 Å². The molecule has 0 aliphatic carbocycles. The second-order valence-electron chi connectivity index (χ2n) is 2.92. The quantitative estimate of drug-likeness (QED) is 0.619. The fourth-order valence-electron chi connectivity index (χ4n) is 1.11. The molecule has 0 amide bonds. The van der Waals surface area contributed by atoms with Crippen molar-refractivity contribution in [3.63, 3.8) is 0 Å². The van der Waals surface area contributed by atoms with Gasteiger partial charge in [0, 0.05) is 10.3 Å². The van der Waals surface area contributed by atoms with Gasteiger partial charge in [-0.2, -0.15) is 0 Å². The van der Waals surface area contributed by atoms with E-state index in [2.05, 4.69) is 10.7 Å². The summed E-state index contributed by atoms with van der Waals surface area (Å²) in [5, 5.41) is 0. The van der Waals surface area contributed by atoms with Gasteiger partial charge in [-0.1, -0.05) is 36.4 Å². The first-order valence-electron chi connectivity index (χ1n) is 4.72. The van der Waals surface area contributed by atoms with Crippen molar-refractivity contribution < 1.29 is 13.5 Å². The Labute approximate surface area is 107 Å². The Kier molecular flexibility index (Phi) is 6.32. The predicted molar refractivity (Wildman–Crippen MR) is 67.7 cm³/mol. The van der Waals surface area contributed by atoms with E-state index in [1.165, 1.54) is 0 Å². The summed E-state index contributed by atoms with van der Waals surface area (Å²) in [7, 11) is 1.80. The lowest BCUT2D eigenvalue weighted by Crippen LogP contribution is -1.81. The number of para-hydroxylation sites is 2. The van der Waals surface area contributed by atoms with Crippen molar-refractivity contribution in [2.75, 3.05) is 0 Å². The lowest BCUT2D eigenvalue weighted by Gasteiger charge is -2.03. The first-order chi connectivity index (χ1) is 8.18. The van der Waals surface area contributed by atoms with Crippen LogP contribution in [0, 0.1) is 0 Å². The molecular weight excluding hydrogens is 260 g/mol. The van der Waals surface area contributed by atoms with Crippen LogP contribution < -0.4 is 4.74 Å². The summed E-state index contributed by atoms with van der Waals surface area (Å²) in [6.07, 6.45) is 0. The highest BCUT2D eigenvalue weighted by atomic mass is 35.7. The standard InChI is InChI=1S/C12H10O.ClHO2S/c1-3-7-11(8-4-1)13-12-9-5-2-6-10-12;1-4(2)3/h1-10H;(H,2,3)/p-1. The summed E-state index contributed by atoms with van der Waals surface area (Å²) in [6.45, 7) is 0. The van der Waals surface area contributed by atoms with E-state index >= 15 is 0 Å². The lowest BCUT2D eigenvalue weighted by molar-refractivity contribution is 0.482. The molecule has 0 fully saturated rings. The number of rotatable bonds is 2. The Morgan fingerprint density at radius 3 is 1.47 bits per heavy atom. The molecule has 90 valence electrons. The Hall–Kier alpha value is -1.36. The van der Waals surface area contributed by atoms with Gasteiger partial charge in [-0.05, 0) is 34.9 Å². The summed E-state index contributed by atoms with van der Waals surface area (Å²) < 4.78 is 23.1. The van der Waals surface area contributed by atoms with E-state index in [0.29, 0.717) is 0 Å². The summed E-state index contributed by atoms with van der Waals surface area (Å²) in [4.78, 5) is 0. The molecule has 2 aromatic rings. The first-order valence-corrected chi connectivity index (χ1v) is 6.62. The highest BCUT2D eigenvalue weighted by Crippen LogP contribution is 2.19. The number of hydrogen-bond acceptors (Lipinski definition) is 3. The summed E-state index contributed by atoms with van der Waals surface area (Å²) in [5.41, 5.74) is 0. The third kappa shape index (κ3) is 6.73. The number of hydrogen-bond donors (Lipinski definition) is 0. The zero-order chi connectivity index (χ0) is 12.5. The highest BCUT2D eigenvalue weighted by molar-refractivity contribution is 8.03. The largest absolute Gasteiger partial charge is 0.760 e. The SMILES string of the molecule is O=S([O-])Cl.c1ccc(Oc2ccccc2)cc1. The predicted octanol–water partition coefficient (Wildman–Crippen LogP) is 3.50. The zero-order valence-electron chi connectivity index (χ0n) is 8.78. The molecule has 0 aliphatic rings. The van der Waals surface area contributed by atoms with Crippen LogP contribution in [0.1, 0.15) is 0 Å². The fraction of sp³-hybridized carbons (Fsp3) is 0. The van der Waals surface area contributed by atoms with Crippen LogP contribution in [-0.2, 0) is 10.3 Å². The van der Waals surface area contributed by atoms with E-state index < -0.39 is 10.3 Å². The Morgan fingerprint density at radius 2 is 1.18 bits per heavy atom. The second-order valence-corrected chi connectivity index (χ2v) is 4.07. The van der Waals surface area contributed by atoms with Crippen LogP contribution in [0.25, 0.3) is 0 Å². The molecule has 0 aliphatic heterocycles. The van der Waals surface area contributed by atoms with Crippen LogP contribution in [0.5, 0.6) is 11.5 Å². The molecule has 1 atom stereocenters. The van der Waals surface area contributed by atoms with Gasteiger partial charge in [0.15, 0.2) is 0 Å². The van der Waals surface area contributed by atoms with Gasteiger partial charge in [0.25, 0.3) is 0 Å². The van der Waals surface area contributed by atoms with Crippen molar-refractivity contribution in [2.45, 2.75) is 0 Å². The van der Waals surface area contributed by atoms with E-state index in [1.54, 1.807) is 0 Å². The van der Waals surface area contributed by atoms with Crippen molar-refractivity contribution in [3.05, 3.63) is 60.7 Å². The number of benzene rings is 2. The molecule has 5 heteroatoms. The molecule has 2 rings (SSSR count). The molecule has 17 heavy (non-hydrogen) atoms. The van der Waals surface area contributed by atoms with E-state index in [1.807, 2.05) is 60.7 Å². The molecule has 2 aromatic carbocycles. The minimum atomic E-state index is -2.39. The minimum Gasteiger partial charge on any atom is -0.760 e. The number of ether oxygens (including phenoxy) is 1. The molecule has 3 nitrogen and oxygen atoms in total. The fourth-order valence-corrected chi connectivity index (χ4v) is 1.11. The van der Waals surface area contributed by atoms with Gasteiger partial charge in [0.1, 0.15) is 11.5 Å². The van der Waals surface area contributed by atoms with Crippen LogP contribution >= 0.6 is 10.7 Å². The highest BCUT2D eigenvalue weighted by Gasteiger charge is 1.92. The van der Waals surface area contributed by atoms with Gasteiger partial charge in [0.05, 0.1) is 0 Å². The van der Waals surface area contributed by atoms with Gasteiger partial charge in [0.2, 0.25) is 0 Å². The first kappa shape index (κ1) is 13.7. The van der Waals surface area contributed by atoms with Crippen molar-refractivity contribution in [3.8, 4) is 11.5 Å². The Bertz CT molecular complexity index is 406. The third-order valence-corrected chi connectivity index (χ3v) is 1.72. The maximum atomic E-state index is 8.77. The van der Waals surface area contributed by atoms with Crippen LogP contribution in [0.15, 0.2) is 60.7 Å². The maximum absolute atomic E-state index is 8.77. The summed E-state index contributed by atoms with van der Waals surface area (Å²) in [5.74, 6) is 1.74. The number of halogens is 1. The van der Waals surface area contributed by atoms with E-state index in [-0.39, 0.29) is 0 Å². The van der Waals surface area contributed by atoms with Crippen molar-refractivity contribution in [1.29, 1.82) is 0 Å². The Balaban J connectivity index is 0.000000317. The molecule has 0 heterocycles. The van der Waals surface area contributed by atoms with Crippen LogP contribution in [0.3, 0.4) is 0 Å². The van der Waals surface area contributed by atoms with Crippen molar-refractivity contribution in [2.24, 2.45) is 0 Å². The van der Waals surface area contributed by atoms with Crippen molar-refractivity contribution >= 4 is 21.0 Å². The molecule has 0 saturated heterocycles. The van der Waals surface area contributed by atoms with Crippen LogP contribution in [-0.4, -0.2) is 8.76 Å². The minimum absolute atomic E-state index is 0.869. The smallest absolute Gasteiger partial charge is 0.127 e. The summed E-state index contributed by atoms with van der Waals surface area (Å²) >= 11 is 0. The topological polar surface area (TPSA) is 49.4 Å². The molecule has 0 radical (unpaired) electrons. The normalized spacial score (nSPS) is 10.9. The molecule has 1 unspecified atom stereocenters. The summed E-state index contributed by atoms with van der Waals surface area (Å²) in [6, 6.07) is 19.5. The van der Waals surface area contributed by atoms with Crippen LogP contribution in [0.4, 0.5) is 0 Å². The van der Waals surface area contributed by atoms with Crippen molar-refractivity contribution in [1.82, 2.24) is 0 Å². The molecule has 0 bridgehead atoms. The van der Waals surface area contributed by atoms with Gasteiger partial charge >= 0.3 is 0 Å². The molecule has 0 spiro atoms. The van der Waals surface area contributed by atoms with Gasteiger partial charge in [-0.25, -0.2) is 0 Å². The third-order valence-electron chi connectivity index (χ3n) is 1.72. The average molecular weight is 270 g/mol. The lowest BCUT2D eigenvalue weighted by atomic mass is 10.3.